The van der Waals surface area contributed by atoms with Crippen LogP contribution in [0.25, 0.3) is 0 Å². The van der Waals surface area contributed by atoms with E-state index in [1.54, 1.807) is 0 Å². The Morgan fingerprint density at radius 2 is 2.00 bits per heavy atom. The van der Waals surface area contributed by atoms with E-state index in [-0.39, 0.29) is 0 Å². The van der Waals surface area contributed by atoms with Crippen LogP contribution in [0.3, 0.4) is 0 Å². The maximum absolute atomic E-state index is 9.78. The molecule has 1 heterocycles. The van der Waals surface area contributed by atoms with E-state index in [1.165, 1.54) is 0 Å². The van der Waals surface area contributed by atoms with Crippen LogP contribution in [0.5, 0.6) is 0 Å². The van der Waals surface area contributed by atoms with Crippen molar-refractivity contribution in [3.8, 4) is 0 Å². The zero-order valence-corrected chi connectivity index (χ0v) is 10.0. The molecule has 5 nitrogen and oxygen atoms in total. The lowest BCUT2D eigenvalue weighted by Crippen LogP contribution is -2.42. The van der Waals surface area contributed by atoms with Crippen LogP contribution < -0.4 is 5.73 Å². The summed E-state index contributed by atoms with van der Waals surface area (Å²) in [6, 6.07) is 0. The summed E-state index contributed by atoms with van der Waals surface area (Å²) in [6.07, 6.45) is 4.36. The molecule has 94 valence electrons. The van der Waals surface area contributed by atoms with Crippen LogP contribution >= 0.6 is 0 Å². The van der Waals surface area contributed by atoms with E-state index in [0.717, 1.165) is 45.3 Å². The van der Waals surface area contributed by atoms with Crippen molar-refractivity contribution in [1.82, 2.24) is 4.90 Å². The van der Waals surface area contributed by atoms with Gasteiger partial charge in [0.15, 0.2) is 0 Å². The van der Waals surface area contributed by atoms with Gasteiger partial charge in [-0.3, -0.25) is 0 Å². The van der Waals surface area contributed by atoms with E-state index in [0.29, 0.717) is 12.3 Å². The van der Waals surface area contributed by atoms with Gasteiger partial charge in [0, 0.05) is 19.5 Å². The number of piperidine rings is 1. The van der Waals surface area contributed by atoms with Crippen LogP contribution in [-0.4, -0.2) is 46.3 Å². The Hall–Kier alpha value is -0.810. The second-order valence-corrected chi connectivity index (χ2v) is 4.89. The van der Waals surface area contributed by atoms with Crippen LogP contribution in [-0.2, 0) is 0 Å². The number of hydrogen-bond acceptors (Lipinski definition) is 4. The molecule has 0 unspecified atom stereocenters. The maximum atomic E-state index is 9.78. The van der Waals surface area contributed by atoms with Crippen LogP contribution in [0.1, 0.15) is 39.0 Å². The molecule has 0 radical (unpaired) electrons. The van der Waals surface area contributed by atoms with E-state index in [2.05, 4.69) is 10.1 Å². The van der Waals surface area contributed by atoms with Gasteiger partial charge in [0.25, 0.3) is 0 Å². The summed E-state index contributed by atoms with van der Waals surface area (Å²) in [4.78, 5) is 2.37. The smallest absolute Gasteiger partial charge is 0.139 e. The average Bonchev–Trinajstić information content (AvgIpc) is 2.26. The van der Waals surface area contributed by atoms with Crippen molar-refractivity contribution in [2.24, 2.45) is 10.9 Å². The van der Waals surface area contributed by atoms with Crippen LogP contribution in [0.4, 0.5) is 0 Å². The van der Waals surface area contributed by atoms with Gasteiger partial charge in [0.05, 0.1) is 5.60 Å². The Bertz CT molecular complexity index is 231. The quantitative estimate of drug-likeness (QED) is 0.214. The van der Waals surface area contributed by atoms with Crippen molar-refractivity contribution in [3.05, 3.63) is 0 Å². The number of aliphatic hydroxyl groups is 1. The third kappa shape index (κ3) is 4.81. The van der Waals surface area contributed by atoms with E-state index in [1.807, 2.05) is 6.92 Å². The van der Waals surface area contributed by atoms with Gasteiger partial charge in [0.2, 0.25) is 0 Å². The standard InChI is InChI=1S/C11H23N3O2/c1-11(15)5-8-14(9-6-11)7-3-2-4-10(12)13-16/h15-16H,2-9H2,1H3,(H2,12,13). The normalized spacial score (nSPS) is 22.2. The largest absolute Gasteiger partial charge is 0.409 e. The highest BCUT2D eigenvalue weighted by Gasteiger charge is 2.26. The minimum atomic E-state index is -0.468. The fraction of sp³-hybridized carbons (Fsp3) is 0.909. The van der Waals surface area contributed by atoms with Gasteiger partial charge in [0.1, 0.15) is 5.84 Å². The SMILES string of the molecule is CC1(O)CCN(CCCCC(N)=NO)CC1. The predicted molar refractivity (Wildman–Crippen MR) is 63.6 cm³/mol. The summed E-state index contributed by atoms with van der Waals surface area (Å²) in [5.41, 5.74) is 4.91. The molecule has 16 heavy (non-hydrogen) atoms. The summed E-state index contributed by atoms with van der Waals surface area (Å²) >= 11 is 0. The lowest BCUT2D eigenvalue weighted by Gasteiger charge is -2.35. The molecule has 1 aliphatic heterocycles. The molecule has 4 N–H and O–H groups in total. The topological polar surface area (TPSA) is 82.1 Å². The highest BCUT2D eigenvalue weighted by Crippen LogP contribution is 2.21. The van der Waals surface area contributed by atoms with Crippen molar-refractivity contribution in [2.75, 3.05) is 19.6 Å². The third-order valence-corrected chi connectivity index (χ3v) is 3.22. The molecule has 0 atom stereocenters. The van der Waals surface area contributed by atoms with Crippen molar-refractivity contribution in [3.63, 3.8) is 0 Å². The van der Waals surface area contributed by atoms with Crippen molar-refractivity contribution in [1.29, 1.82) is 0 Å². The number of nitrogens with two attached hydrogens (primary N) is 1. The van der Waals surface area contributed by atoms with Gasteiger partial charge < -0.3 is 20.9 Å². The highest BCUT2D eigenvalue weighted by molar-refractivity contribution is 5.79. The molecule has 1 fully saturated rings. The van der Waals surface area contributed by atoms with E-state index in [4.69, 9.17) is 10.9 Å². The summed E-state index contributed by atoms with van der Waals surface area (Å²) < 4.78 is 0. The van der Waals surface area contributed by atoms with Crippen molar-refractivity contribution in [2.45, 2.75) is 44.6 Å². The Labute approximate surface area is 96.9 Å². The second-order valence-electron chi connectivity index (χ2n) is 4.89. The number of nitrogens with zero attached hydrogens (tertiary/aromatic N) is 2. The molecular formula is C11H23N3O2. The number of hydrogen-bond donors (Lipinski definition) is 3. The second kappa shape index (κ2) is 6.06. The maximum Gasteiger partial charge on any atom is 0.139 e. The van der Waals surface area contributed by atoms with Gasteiger partial charge in [-0.1, -0.05) is 5.16 Å². The average molecular weight is 229 g/mol. The molecule has 0 spiro atoms. The molecule has 5 heteroatoms. The van der Waals surface area contributed by atoms with Crippen LogP contribution in [0, 0.1) is 0 Å². The molecule has 0 aromatic rings. The van der Waals surface area contributed by atoms with Crippen molar-refractivity contribution >= 4 is 5.84 Å². The highest BCUT2D eigenvalue weighted by atomic mass is 16.4. The van der Waals surface area contributed by atoms with Crippen LogP contribution in [0.15, 0.2) is 5.16 Å². The van der Waals surface area contributed by atoms with Gasteiger partial charge in [-0.2, -0.15) is 0 Å². The number of likely N-dealkylation sites (tertiary alicyclic amines) is 1. The first-order valence-corrected chi connectivity index (χ1v) is 5.95. The zero-order chi connectivity index (χ0) is 12.0. The van der Waals surface area contributed by atoms with Gasteiger partial charge >= 0.3 is 0 Å². The fourth-order valence-electron chi connectivity index (χ4n) is 1.95. The van der Waals surface area contributed by atoms with E-state index >= 15 is 0 Å². The third-order valence-electron chi connectivity index (χ3n) is 3.22. The molecular weight excluding hydrogens is 206 g/mol. The number of rotatable bonds is 5. The predicted octanol–water partition coefficient (Wildman–Crippen LogP) is 0.750. The summed E-state index contributed by atoms with van der Waals surface area (Å²) in [6.45, 7) is 4.88. The minimum absolute atomic E-state index is 0.307. The van der Waals surface area contributed by atoms with Gasteiger partial charge in [-0.05, 0) is 39.2 Å². The molecule has 0 aromatic carbocycles. The first kappa shape index (κ1) is 13.3. The summed E-state index contributed by atoms with van der Waals surface area (Å²) in [7, 11) is 0. The van der Waals surface area contributed by atoms with Crippen LogP contribution in [0.2, 0.25) is 0 Å². The Morgan fingerprint density at radius 1 is 1.38 bits per heavy atom. The fourth-order valence-corrected chi connectivity index (χ4v) is 1.95. The number of unbranched alkanes of at least 4 members (excludes halogenated alkanes) is 1. The first-order valence-electron chi connectivity index (χ1n) is 5.95. The summed E-state index contributed by atoms with van der Waals surface area (Å²) in [5, 5.41) is 21.1. The Balaban J connectivity index is 2.07. The zero-order valence-electron chi connectivity index (χ0n) is 10.0. The Morgan fingerprint density at radius 3 is 2.56 bits per heavy atom. The number of oxime groups is 1. The van der Waals surface area contributed by atoms with E-state index < -0.39 is 5.60 Å². The lowest BCUT2D eigenvalue weighted by atomic mass is 9.94. The lowest BCUT2D eigenvalue weighted by molar-refractivity contribution is -0.00548. The molecule has 0 amide bonds. The molecule has 0 aliphatic carbocycles. The first-order chi connectivity index (χ1) is 7.53. The molecule has 0 saturated carbocycles. The Kier molecular flexibility index (Phi) is 5.02. The van der Waals surface area contributed by atoms with Gasteiger partial charge in [-0.15, -0.1) is 0 Å². The molecule has 1 aliphatic rings. The molecule has 1 rings (SSSR count). The minimum Gasteiger partial charge on any atom is -0.409 e. The monoisotopic (exact) mass is 229 g/mol. The molecule has 0 bridgehead atoms. The van der Waals surface area contributed by atoms with E-state index in [9.17, 15) is 5.11 Å². The molecule has 1 saturated heterocycles. The van der Waals surface area contributed by atoms with Gasteiger partial charge in [-0.25, -0.2) is 0 Å². The summed E-state index contributed by atoms with van der Waals surface area (Å²) in [5.74, 6) is 0.307. The van der Waals surface area contributed by atoms with Crippen molar-refractivity contribution < 1.29 is 10.3 Å². The number of amidine groups is 1. The molecule has 0 aromatic heterocycles.